The summed E-state index contributed by atoms with van der Waals surface area (Å²) in [6.07, 6.45) is 4.43. The fraction of sp³-hybridized carbons (Fsp3) is 0.524. The predicted octanol–water partition coefficient (Wildman–Crippen LogP) is 3.84. The monoisotopic (exact) mass is 453 g/mol. The Morgan fingerprint density at radius 3 is 2.06 bits per heavy atom. The Morgan fingerprint density at radius 1 is 0.935 bits per heavy atom. The van der Waals surface area contributed by atoms with E-state index < -0.39 is 7.44 Å². The molecular formula is C21H32N3O6P. The Kier molecular flexibility index (Phi) is 8.83. The van der Waals surface area contributed by atoms with E-state index in [4.69, 9.17) is 24.1 Å². The molecule has 0 N–H and O–H groups in total. The quantitative estimate of drug-likeness (QED) is 0.410. The summed E-state index contributed by atoms with van der Waals surface area (Å²) in [6, 6.07) is 10.1. The number of nitrogens with zero attached hydrogens (tertiary/aromatic N) is 3. The maximum Gasteiger partial charge on any atom is 0.336 e. The molecule has 10 heteroatoms. The van der Waals surface area contributed by atoms with E-state index in [9.17, 15) is 4.57 Å². The van der Waals surface area contributed by atoms with Gasteiger partial charge in [-0.15, -0.1) is 0 Å². The van der Waals surface area contributed by atoms with E-state index in [-0.39, 0.29) is 0 Å². The van der Waals surface area contributed by atoms with E-state index in [1.807, 2.05) is 18.2 Å². The van der Waals surface area contributed by atoms with Crippen LogP contribution >= 0.6 is 7.44 Å². The highest BCUT2D eigenvalue weighted by molar-refractivity contribution is 7.62. The first kappa shape index (κ1) is 24.1. The van der Waals surface area contributed by atoms with Gasteiger partial charge in [-0.05, 0) is 36.5 Å². The largest absolute Gasteiger partial charge is 0.378 e. The molecule has 31 heavy (non-hydrogen) atoms. The van der Waals surface area contributed by atoms with Gasteiger partial charge in [-0.3, -0.25) is 23.9 Å². The second-order valence-corrected chi connectivity index (χ2v) is 9.36. The fourth-order valence-corrected chi connectivity index (χ4v) is 6.47. The van der Waals surface area contributed by atoms with Crippen LogP contribution < -0.4 is 0 Å². The molecule has 1 aliphatic carbocycles. The molecule has 0 bridgehead atoms. The van der Waals surface area contributed by atoms with Crippen molar-refractivity contribution in [3.8, 4) is 0 Å². The third kappa shape index (κ3) is 5.10. The first-order chi connectivity index (χ1) is 15.1. The summed E-state index contributed by atoms with van der Waals surface area (Å²) in [5.41, 5.74) is 3.11. The lowest BCUT2D eigenvalue weighted by molar-refractivity contribution is -0.321. The van der Waals surface area contributed by atoms with Crippen molar-refractivity contribution >= 4 is 13.5 Å². The summed E-state index contributed by atoms with van der Waals surface area (Å²) in [6.45, 7) is 2.61. The summed E-state index contributed by atoms with van der Waals surface area (Å²) in [5.74, 6) is 0. The van der Waals surface area contributed by atoms with Crippen LogP contribution in [-0.4, -0.2) is 69.6 Å². The minimum Gasteiger partial charge on any atom is -0.378 e. The van der Waals surface area contributed by atoms with E-state index in [0.717, 1.165) is 39.7 Å². The molecule has 0 atom stereocenters. The number of hydrogen-bond acceptors (Lipinski definition) is 7. The lowest BCUT2D eigenvalue weighted by atomic mass is 9.95. The summed E-state index contributed by atoms with van der Waals surface area (Å²) in [7, 11) is 1.86. The van der Waals surface area contributed by atoms with E-state index >= 15 is 0 Å². The SMILES string of the molecule is CON(OC)P(=O)(C1=C(N2CCOCC2)C(=Cc2ccccc2)CCC1)N(OC)OC. The van der Waals surface area contributed by atoms with E-state index in [1.54, 1.807) is 0 Å². The van der Waals surface area contributed by atoms with Gasteiger partial charge in [0.05, 0.1) is 41.7 Å². The van der Waals surface area contributed by atoms with Gasteiger partial charge in [-0.25, -0.2) is 0 Å². The average molecular weight is 453 g/mol. The third-order valence-corrected chi connectivity index (χ3v) is 8.00. The number of morpholine rings is 1. The zero-order valence-electron chi connectivity index (χ0n) is 18.7. The van der Waals surface area contributed by atoms with Crippen LogP contribution in [0, 0.1) is 0 Å². The van der Waals surface area contributed by atoms with Gasteiger partial charge in [-0.1, -0.05) is 30.3 Å². The van der Waals surface area contributed by atoms with Crippen LogP contribution in [-0.2, 0) is 28.7 Å². The molecule has 1 saturated heterocycles. The molecule has 0 saturated carbocycles. The first-order valence-corrected chi connectivity index (χ1v) is 11.9. The van der Waals surface area contributed by atoms with Crippen molar-refractivity contribution in [2.75, 3.05) is 54.7 Å². The van der Waals surface area contributed by atoms with Crippen LogP contribution in [0.2, 0.25) is 0 Å². The Morgan fingerprint density at radius 2 is 1.52 bits per heavy atom. The molecule has 1 aliphatic heterocycles. The molecule has 172 valence electrons. The number of rotatable bonds is 9. The molecule has 0 radical (unpaired) electrons. The van der Waals surface area contributed by atoms with Gasteiger partial charge in [0.25, 0.3) is 0 Å². The Hall–Kier alpha value is -1.55. The molecule has 0 spiro atoms. The van der Waals surface area contributed by atoms with Crippen molar-refractivity contribution in [3.05, 3.63) is 52.5 Å². The van der Waals surface area contributed by atoms with Crippen molar-refractivity contribution in [3.63, 3.8) is 0 Å². The highest BCUT2D eigenvalue weighted by Gasteiger charge is 2.48. The Balaban J connectivity index is 2.22. The number of benzene rings is 1. The summed E-state index contributed by atoms with van der Waals surface area (Å²) in [4.78, 5) is 25.5. The number of allylic oxidation sites excluding steroid dienone is 2. The van der Waals surface area contributed by atoms with Gasteiger partial charge in [0, 0.05) is 34.1 Å². The smallest absolute Gasteiger partial charge is 0.336 e. The Labute approximate surface area is 184 Å². The van der Waals surface area contributed by atoms with Crippen LogP contribution in [0.15, 0.2) is 46.9 Å². The second kappa shape index (κ2) is 11.4. The molecule has 0 aromatic heterocycles. The van der Waals surface area contributed by atoms with Gasteiger partial charge in [-0.2, -0.15) is 0 Å². The van der Waals surface area contributed by atoms with Gasteiger partial charge < -0.3 is 9.64 Å². The molecule has 1 aromatic carbocycles. The molecular weight excluding hydrogens is 421 g/mol. The molecule has 1 fully saturated rings. The van der Waals surface area contributed by atoms with E-state index in [2.05, 4.69) is 23.1 Å². The van der Waals surface area contributed by atoms with Crippen LogP contribution in [0.25, 0.3) is 6.08 Å². The average Bonchev–Trinajstić information content (AvgIpc) is 2.81. The topological polar surface area (TPSA) is 72.9 Å². The third-order valence-electron chi connectivity index (χ3n) is 5.32. The molecule has 9 nitrogen and oxygen atoms in total. The minimum atomic E-state index is -3.75. The standard InChI is InChI=1S/C21H32N3O6P/c1-26-23(27-2)31(25,24(28-3)29-4)20-12-8-11-19(17-18-9-6-5-7-10-18)21(20)22-13-15-30-16-14-22/h5-7,9-10,17H,8,11-16H2,1-4H3. The predicted molar refractivity (Wildman–Crippen MR) is 117 cm³/mol. The lowest BCUT2D eigenvalue weighted by Crippen LogP contribution is -2.39. The molecule has 1 heterocycles. The molecule has 0 unspecified atom stereocenters. The van der Waals surface area contributed by atoms with Gasteiger partial charge in [0.15, 0.2) is 0 Å². The van der Waals surface area contributed by atoms with Gasteiger partial charge in [0.1, 0.15) is 0 Å². The van der Waals surface area contributed by atoms with Gasteiger partial charge in [0.2, 0.25) is 0 Å². The molecule has 2 aliphatic rings. The minimum absolute atomic E-state index is 0.586. The van der Waals surface area contributed by atoms with Crippen molar-refractivity contribution in [1.82, 2.24) is 14.9 Å². The Bertz CT molecular complexity index is 802. The molecule has 0 amide bonds. The number of ether oxygens (including phenoxy) is 1. The van der Waals surface area contributed by atoms with Gasteiger partial charge >= 0.3 is 7.44 Å². The van der Waals surface area contributed by atoms with Crippen LogP contribution in [0.5, 0.6) is 0 Å². The molecule has 3 rings (SSSR count). The second-order valence-electron chi connectivity index (χ2n) is 7.08. The highest BCUT2D eigenvalue weighted by atomic mass is 31.2. The van der Waals surface area contributed by atoms with Crippen molar-refractivity contribution in [2.24, 2.45) is 0 Å². The maximum absolute atomic E-state index is 14.6. The van der Waals surface area contributed by atoms with Crippen molar-refractivity contribution in [1.29, 1.82) is 0 Å². The molecule has 1 aromatic rings. The van der Waals surface area contributed by atoms with Crippen LogP contribution in [0.3, 0.4) is 0 Å². The summed E-state index contributed by atoms with van der Waals surface area (Å²) in [5, 5.41) is 0.662. The van der Waals surface area contributed by atoms with Crippen molar-refractivity contribution in [2.45, 2.75) is 19.3 Å². The van der Waals surface area contributed by atoms with Crippen LogP contribution in [0.1, 0.15) is 24.8 Å². The number of hydrogen-bond donors (Lipinski definition) is 0. The van der Waals surface area contributed by atoms with E-state index in [1.165, 1.54) is 28.4 Å². The highest BCUT2D eigenvalue weighted by Crippen LogP contribution is 2.64. The van der Waals surface area contributed by atoms with E-state index in [0.29, 0.717) is 38.0 Å². The fourth-order valence-electron chi connectivity index (χ4n) is 4.06. The first-order valence-electron chi connectivity index (χ1n) is 10.3. The lowest BCUT2D eigenvalue weighted by Gasteiger charge is -2.41. The zero-order chi connectivity index (χ0) is 22.3. The zero-order valence-corrected chi connectivity index (χ0v) is 19.5. The van der Waals surface area contributed by atoms with Crippen LogP contribution in [0.4, 0.5) is 0 Å². The van der Waals surface area contributed by atoms with Crippen molar-refractivity contribution < 1.29 is 28.7 Å². The summed E-state index contributed by atoms with van der Waals surface area (Å²) >= 11 is 0. The normalized spacial score (nSPS) is 19.7. The maximum atomic E-state index is 14.6. The summed E-state index contributed by atoms with van der Waals surface area (Å²) < 4.78 is 20.1.